The van der Waals surface area contributed by atoms with Crippen LogP contribution in [-0.2, 0) is 19.2 Å². The highest BCUT2D eigenvalue weighted by molar-refractivity contribution is 7.94. The zero-order valence-electron chi connectivity index (χ0n) is 15.7. The van der Waals surface area contributed by atoms with Crippen LogP contribution in [0.2, 0.25) is 0 Å². The molecular formula is C23H17NO5S. The Labute approximate surface area is 176 Å². The van der Waals surface area contributed by atoms with E-state index in [0.29, 0.717) is 34.3 Å². The van der Waals surface area contributed by atoms with Gasteiger partial charge in [-0.05, 0) is 23.3 Å². The van der Waals surface area contributed by atoms with Crippen LogP contribution in [0.5, 0.6) is 0 Å². The highest BCUT2D eigenvalue weighted by Crippen LogP contribution is 2.39. The second kappa shape index (κ2) is 8.42. The summed E-state index contributed by atoms with van der Waals surface area (Å²) in [6.07, 6.45) is -0.464. The highest BCUT2D eigenvalue weighted by atomic mass is 32.2. The molecule has 1 N–H and O–H groups in total. The van der Waals surface area contributed by atoms with E-state index in [2.05, 4.69) is 4.98 Å². The van der Waals surface area contributed by atoms with Crippen molar-refractivity contribution >= 4 is 35.1 Å². The van der Waals surface area contributed by atoms with E-state index in [9.17, 15) is 14.7 Å². The molecule has 1 heterocycles. The van der Waals surface area contributed by atoms with Gasteiger partial charge in [-0.1, -0.05) is 72.8 Å². The lowest BCUT2D eigenvalue weighted by Crippen LogP contribution is -2.40. The molecule has 0 unspecified atom stereocenters. The van der Waals surface area contributed by atoms with Gasteiger partial charge in [0.05, 0.1) is 6.42 Å². The zero-order chi connectivity index (χ0) is 21.0. The summed E-state index contributed by atoms with van der Waals surface area (Å²) in [6.45, 7) is 0. The fourth-order valence-corrected chi connectivity index (χ4v) is 3.93. The number of carbonyl (C=O) groups excluding carboxylic acids is 1. The lowest BCUT2D eigenvalue weighted by molar-refractivity contribution is -0.146. The molecule has 150 valence electrons. The Bertz CT molecular complexity index is 1100. The Morgan fingerprint density at radius 2 is 1.47 bits per heavy atom. The Kier molecular flexibility index (Phi) is 5.54. The molecule has 4 rings (SSSR count). The number of carbonyl (C=O) groups is 2. The molecular weight excluding hydrogens is 402 g/mol. The van der Waals surface area contributed by atoms with Crippen molar-refractivity contribution in [1.29, 1.82) is 0 Å². The third-order valence-corrected chi connectivity index (χ3v) is 5.31. The van der Waals surface area contributed by atoms with E-state index in [1.54, 1.807) is 72.8 Å². The van der Waals surface area contributed by atoms with Gasteiger partial charge in [0.15, 0.2) is 17.6 Å². The molecule has 0 amide bonds. The number of para-hydroxylation sites is 2. The molecule has 3 aromatic carbocycles. The molecule has 0 aliphatic rings. The highest BCUT2D eigenvalue weighted by Gasteiger charge is 2.46. The van der Waals surface area contributed by atoms with Gasteiger partial charge in [-0.25, -0.2) is 9.78 Å². The summed E-state index contributed by atoms with van der Waals surface area (Å²) in [5.74, 6) is -1.83. The predicted molar refractivity (Wildman–Crippen MR) is 112 cm³/mol. The number of aromatic nitrogens is 1. The summed E-state index contributed by atoms with van der Waals surface area (Å²) in [5.41, 5.74) is 0.745. The molecule has 0 radical (unpaired) electrons. The van der Waals surface area contributed by atoms with Crippen molar-refractivity contribution < 1.29 is 23.3 Å². The molecule has 4 aromatic rings. The standard InChI is InChI=1S/C23H17NO5S/c25-20(26)15-23(16-9-3-1-4-10-16,17-11-5-2-6-12-17)21(27)29-30-22-24-18-13-7-8-14-19(18)28-22/h1-14H,15H2,(H,25,26). The van der Waals surface area contributed by atoms with Crippen molar-refractivity contribution in [3.05, 3.63) is 96.1 Å². The van der Waals surface area contributed by atoms with Crippen LogP contribution < -0.4 is 0 Å². The minimum Gasteiger partial charge on any atom is -0.481 e. The number of fused-ring (bicyclic) bond motifs is 1. The summed E-state index contributed by atoms with van der Waals surface area (Å²) >= 11 is 0.677. The lowest BCUT2D eigenvalue weighted by atomic mass is 9.72. The van der Waals surface area contributed by atoms with E-state index in [0.717, 1.165) is 0 Å². The first-order valence-electron chi connectivity index (χ1n) is 9.17. The number of rotatable bonds is 7. The summed E-state index contributed by atoms with van der Waals surface area (Å²) in [6, 6.07) is 24.7. The van der Waals surface area contributed by atoms with Gasteiger partial charge in [0, 0.05) is 0 Å². The minimum atomic E-state index is -1.52. The Morgan fingerprint density at radius 3 is 2.03 bits per heavy atom. The Hall–Kier alpha value is -3.58. The molecule has 1 aromatic heterocycles. The Morgan fingerprint density at radius 1 is 0.900 bits per heavy atom. The van der Waals surface area contributed by atoms with E-state index < -0.39 is 23.8 Å². The molecule has 6 nitrogen and oxygen atoms in total. The van der Waals surface area contributed by atoms with Gasteiger partial charge >= 0.3 is 11.9 Å². The maximum absolute atomic E-state index is 13.4. The van der Waals surface area contributed by atoms with Gasteiger partial charge < -0.3 is 13.7 Å². The van der Waals surface area contributed by atoms with Gasteiger partial charge in [-0.2, -0.15) is 0 Å². The molecule has 0 saturated carbocycles. The average Bonchev–Trinajstić information content (AvgIpc) is 3.20. The number of benzene rings is 3. The van der Waals surface area contributed by atoms with Crippen LogP contribution in [0, 0.1) is 0 Å². The largest absolute Gasteiger partial charge is 0.481 e. The number of hydrogen-bond acceptors (Lipinski definition) is 6. The quantitative estimate of drug-likeness (QED) is 0.429. The summed E-state index contributed by atoms with van der Waals surface area (Å²) in [7, 11) is 0. The summed E-state index contributed by atoms with van der Waals surface area (Å²) in [5, 5.41) is 9.82. The average molecular weight is 419 g/mol. The van der Waals surface area contributed by atoms with Crippen LogP contribution in [0.1, 0.15) is 17.5 Å². The fourth-order valence-electron chi connectivity index (χ4n) is 3.38. The normalized spacial score (nSPS) is 11.3. The second-order valence-electron chi connectivity index (χ2n) is 6.61. The number of hydrogen-bond donors (Lipinski definition) is 1. The molecule has 7 heteroatoms. The number of oxazole rings is 1. The molecule has 0 fully saturated rings. The maximum atomic E-state index is 13.4. The van der Waals surface area contributed by atoms with E-state index in [-0.39, 0.29) is 5.22 Å². The van der Waals surface area contributed by atoms with Gasteiger partial charge in [0.1, 0.15) is 10.9 Å². The molecule has 0 bridgehead atoms. The molecule has 30 heavy (non-hydrogen) atoms. The zero-order valence-corrected chi connectivity index (χ0v) is 16.5. The fraction of sp³-hybridized carbons (Fsp3) is 0.0870. The monoisotopic (exact) mass is 419 g/mol. The van der Waals surface area contributed by atoms with E-state index in [1.165, 1.54) is 0 Å². The van der Waals surface area contributed by atoms with Crippen LogP contribution in [0.15, 0.2) is 94.6 Å². The Balaban J connectivity index is 1.72. The van der Waals surface area contributed by atoms with Gasteiger partial charge in [0.25, 0.3) is 5.22 Å². The third-order valence-electron chi connectivity index (χ3n) is 4.76. The molecule has 0 saturated heterocycles. The number of aliphatic carboxylic acids is 1. The summed E-state index contributed by atoms with van der Waals surface area (Å²) in [4.78, 5) is 29.5. The van der Waals surface area contributed by atoms with E-state index in [1.807, 2.05) is 12.1 Å². The molecule has 0 spiro atoms. The van der Waals surface area contributed by atoms with Crippen molar-refractivity contribution in [2.24, 2.45) is 0 Å². The molecule has 0 atom stereocenters. The molecule has 0 aliphatic carbocycles. The first kappa shape index (κ1) is 19.7. The van der Waals surface area contributed by atoms with Gasteiger partial charge in [0.2, 0.25) is 0 Å². The number of carboxylic acid groups (broad SMARTS) is 1. The smallest absolute Gasteiger partial charge is 0.334 e. The number of nitrogens with zero attached hydrogens (tertiary/aromatic N) is 1. The second-order valence-corrected chi connectivity index (χ2v) is 7.29. The maximum Gasteiger partial charge on any atom is 0.334 e. The summed E-state index contributed by atoms with van der Waals surface area (Å²) < 4.78 is 11.1. The van der Waals surface area contributed by atoms with Crippen LogP contribution in [0.4, 0.5) is 0 Å². The van der Waals surface area contributed by atoms with Crippen molar-refractivity contribution in [2.45, 2.75) is 17.1 Å². The molecule has 0 aliphatic heterocycles. The first-order valence-corrected chi connectivity index (χ1v) is 9.91. The van der Waals surface area contributed by atoms with E-state index >= 15 is 0 Å². The van der Waals surface area contributed by atoms with Crippen LogP contribution in [0.25, 0.3) is 11.1 Å². The van der Waals surface area contributed by atoms with Crippen molar-refractivity contribution in [1.82, 2.24) is 4.98 Å². The van der Waals surface area contributed by atoms with Crippen LogP contribution in [-0.4, -0.2) is 22.0 Å². The predicted octanol–water partition coefficient (Wildman–Crippen LogP) is 4.84. The van der Waals surface area contributed by atoms with E-state index in [4.69, 9.17) is 8.60 Å². The van der Waals surface area contributed by atoms with Crippen molar-refractivity contribution in [3.63, 3.8) is 0 Å². The topological polar surface area (TPSA) is 89.6 Å². The minimum absolute atomic E-state index is 0.162. The van der Waals surface area contributed by atoms with Crippen molar-refractivity contribution in [3.8, 4) is 0 Å². The van der Waals surface area contributed by atoms with Gasteiger partial charge in [-0.15, -0.1) is 0 Å². The van der Waals surface area contributed by atoms with Crippen LogP contribution >= 0.6 is 12.0 Å². The lowest BCUT2D eigenvalue weighted by Gasteiger charge is -2.30. The first-order chi connectivity index (χ1) is 14.6. The van der Waals surface area contributed by atoms with Crippen molar-refractivity contribution in [2.75, 3.05) is 0 Å². The number of carboxylic acids is 1. The van der Waals surface area contributed by atoms with Crippen LogP contribution in [0.3, 0.4) is 0 Å². The van der Waals surface area contributed by atoms with Gasteiger partial charge in [-0.3, -0.25) is 4.79 Å². The third kappa shape index (κ3) is 3.79. The SMILES string of the molecule is O=C(O)CC(C(=O)OSc1nc2ccccc2o1)(c1ccccc1)c1ccccc1.